The van der Waals surface area contributed by atoms with E-state index in [2.05, 4.69) is 45.9 Å². The van der Waals surface area contributed by atoms with Gasteiger partial charge in [-0.25, -0.2) is 0 Å². The van der Waals surface area contributed by atoms with Crippen LogP contribution in [0.1, 0.15) is 30.1 Å². The fourth-order valence-corrected chi connectivity index (χ4v) is 3.44. The molecule has 0 unspecified atom stereocenters. The van der Waals surface area contributed by atoms with Gasteiger partial charge in [0, 0.05) is 49.7 Å². The van der Waals surface area contributed by atoms with Crippen LogP contribution in [0.15, 0.2) is 42.9 Å². The van der Waals surface area contributed by atoms with E-state index in [1.165, 1.54) is 16.5 Å². The fraction of sp³-hybridized carbons (Fsp3) is 0.389. The molecule has 5 nitrogen and oxygen atoms in total. The zero-order chi connectivity index (χ0) is 15.6. The van der Waals surface area contributed by atoms with E-state index in [-0.39, 0.29) is 6.10 Å². The Bertz CT molecular complexity index is 791. The third kappa shape index (κ3) is 2.90. The van der Waals surface area contributed by atoms with E-state index in [1.54, 1.807) is 0 Å². The Labute approximate surface area is 135 Å². The van der Waals surface area contributed by atoms with E-state index < -0.39 is 0 Å². The van der Waals surface area contributed by atoms with E-state index in [0.717, 1.165) is 31.6 Å². The van der Waals surface area contributed by atoms with Crippen LogP contribution in [0.5, 0.6) is 0 Å². The van der Waals surface area contributed by atoms with Crippen molar-refractivity contribution in [3.05, 3.63) is 54.0 Å². The molecular weight excluding hydrogens is 288 g/mol. The van der Waals surface area contributed by atoms with Gasteiger partial charge in [-0.05, 0) is 29.9 Å². The lowest BCUT2D eigenvalue weighted by atomic mass is 9.97. The minimum absolute atomic E-state index is 0.0836. The molecule has 0 amide bonds. The fourth-order valence-electron chi connectivity index (χ4n) is 3.44. The van der Waals surface area contributed by atoms with Crippen molar-refractivity contribution >= 4 is 10.9 Å². The first-order valence-electron chi connectivity index (χ1n) is 8.20. The Morgan fingerprint density at radius 3 is 3.22 bits per heavy atom. The van der Waals surface area contributed by atoms with Gasteiger partial charge in [0.25, 0.3) is 0 Å². The molecule has 120 valence electrons. The number of hydrogen-bond acceptors (Lipinski definition) is 3. The average molecular weight is 310 g/mol. The minimum atomic E-state index is 0.0836. The molecule has 0 aliphatic carbocycles. The normalized spacial score (nSPS) is 21.8. The third-order valence-corrected chi connectivity index (χ3v) is 4.60. The summed E-state index contributed by atoms with van der Waals surface area (Å²) < 4.78 is 7.86. The van der Waals surface area contributed by atoms with Crippen molar-refractivity contribution in [3.8, 4) is 0 Å². The van der Waals surface area contributed by atoms with Crippen LogP contribution < -0.4 is 5.32 Å². The smallest absolute Gasteiger partial charge is 0.101 e. The van der Waals surface area contributed by atoms with Crippen LogP contribution in [0.25, 0.3) is 10.9 Å². The van der Waals surface area contributed by atoms with Crippen LogP contribution in [-0.2, 0) is 18.3 Å². The van der Waals surface area contributed by atoms with Crippen molar-refractivity contribution < 1.29 is 4.74 Å². The van der Waals surface area contributed by atoms with Gasteiger partial charge in [0.05, 0.1) is 6.20 Å². The third-order valence-electron chi connectivity index (χ3n) is 4.60. The second-order valence-electron chi connectivity index (χ2n) is 6.23. The van der Waals surface area contributed by atoms with Gasteiger partial charge in [-0.2, -0.15) is 5.10 Å². The summed E-state index contributed by atoms with van der Waals surface area (Å²) in [6.45, 7) is 1.66. The molecule has 3 heterocycles. The SMILES string of the molecule is Cn1cc([C@H]2OCCC[C@@H]2NCc2cccc3cc[nH]c23)cn1. The molecule has 0 bridgehead atoms. The summed E-state index contributed by atoms with van der Waals surface area (Å²) in [4.78, 5) is 3.34. The molecule has 0 spiro atoms. The Kier molecular flexibility index (Phi) is 3.89. The Morgan fingerprint density at radius 2 is 2.35 bits per heavy atom. The highest BCUT2D eigenvalue weighted by Crippen LogP contribution is 2.28. The lowest BCUT2D eigenvalue weighted by Gasteiger charge is -2.32. The molecule has 0 saturated carbocycles. The lowest BCUT2D eigenvalue weighted by Crippen LogP contribution is -2.39. The number of aromatic amines is 1. The molecular formula is C18H22N4O. The number of para-hydroxylation sites is 1. The first kappa shape index (κ1) is 14.5. The van der Waals surface area contributed by atoms with Gasteiger partial charge in [0.1, 0.15) is 6.10 Å². The van der Waals surface area contributed by atoms with Crippen LogP contribution in [-0.4, -0.2) is 27.4 Å². The summed E-state index contributed by atoms with van der Waals surface area (Å²) in [7, 11) is 1.95. The molecule has 2 N–H and O–H groups in total. The summed E-state index contributed by atoms with van der Waals surface area (Å²) in [5.41, 5.74) is 3.67. The molecule has 1 aliphatic rings. The Hall–Kier alpha value is -2.11. The van der Waals surface area contributed by atoms with Gasteiger partial charge >= 0.3 is 0 Å². The van der Waals surface area contributed by atoms with E-state index in [9.17, 15) is 0 Å². The summed E-state index contributed by atoms with van der Waals surface area (Å²) >= 11 is 0. The highest BCUT2D eigenvalue weighted by Gasteiger charge is 2.28. The highest BCUT2D eigenvalue weighted by molar-refractivity contribution is 5.82. The molecule has 23 heavy (non-hydrogen) atoms. The maximum Gasteiger partial charge on any atom is 0.101 e. The zero-order valence-corrected chi connectivity index (χ0v) is 13.3. The molecule has 1 saturated heterocycles. The van der Waals surface area contributed by atoms with E-state index >= 15 is 0 Å². The van der Waals surface area contributed by atoms with Gasteiger partial charge in [-0.3, -0.25) is 4.68 Å². The Morgan fingerprint density at radius 1 is 1.39 bits per heavy atom. The number of aryl methyl sites for hydroxylation is 1. The summed E-state index contributed by atoms with van der Waals surface area (Å²) in [5.74, 6) is 0. The largest absolute Gasteiger partial charge is 0.372 e. The standard InChI is InChI=1S/C18H22N4O/c1-22-12-15(11-21-22)18-16(6-3-9-23-18)20-10-14-5-2-4-13-7-8-19-17(13)14/h2,4-5,7-8,11-12,16,18-20H,3,6,9-10H2,1H3/t16-,18+/m0/s1. The van der Waals surface area contributed by atoms with Crippen molar-refractivity contribution in [2.24, 2.45) is 7.05 Å². The second kappa shape index (κ2) is 6.18. The molecule has 2 aromatic heterocycles. The zero-order valence-electron chi connectivity index (χ0n) is 13.3. The number of ether oxygens (including phenoxy) is 1. The van der Waals surface area contributed by atoms with Crippen molar-refractivity contribution in [2.45, 2.75) is 31.5 Å². The van der Waals surface area contributed by atoms with Gasteiger partial charge in [0.2, 0.25) is 0 Å². The quantitative estimate of drug-likeness (QED) is 0.779. The van der Waals surface area contributed by atoms with Crippen LogP contribution in [0.2, 0.25) is 0 Å². The van der Waals surface area contributed by atoms with Crippen molar-refractivity contribution in [3.63, 3.8) is 0 Å². The maximum absolute atomic E-state index is 6.03. The molecule has 0 radical (unpaired) electrons. The van der Waals surface area contributed by atoms with Crippen molar-refractivity contribution in [1.82, 2.24) is 20.1 Å². The number of fused-ring (bicyclic) bond motifs is 1. The van der Waals surface area contributed by atoms with Crippen LogP contribution in [0, 0.1) is 0 Å². The minimum Gasteiger partial charge on any atom is -0.372 e. The van der Waals surface area contributed by atoms with E-state index in [4.69, 9.17) is 4.74 Å². The highest BCUT2D eigenvalue weighted by atomic mass is 16.5. The number of rotatable bonds is 4. The number of H-pyrrole nitrogens is 1. The molecule has 5 heteroatoms. The average Bonchev–Trinajstić information content (AvgIpc) is 3.22. The van der Waals surface area contributed by atoms with Gasteiger partial charge in [0.15, 0.2) is 0 Å². The predicted octanol–water partition coefficient (Wildman–Crippen LogP) is 2.91. The number of aromatic nitrogens is 3. The van der Waals surface area contributed by atoms with Crippen molar-refractivity contribution in [2.75, 3.05) is 6.61 Å². The molecule has 1 fully saturated rings. The number of hydrogen-bond donors (Lipinski definition) is 2. The van der Waals surface area contributed by atoms with Crippen molar-refractivity contribution in [1.29, 1.82) is 0 Å². The summed E-state index contributed by atoms with van der Waals surface area (Å²) in [6, 6.07) is 8.86. The van der Waals surface area contributed by atoms with Crippen LogP contribution >= 0.6 is 0 Å². The molecule has 1 aromatic carbocycles. The first-order valence-corrected chi connectivity index (χ1v) is 8.20. The molecule has 3 aromatic rings. The second-order valence-corrected chi connectivity index (χ2v) is 6.23. The number of nitrogens with one attached hydrogen (secondary N) is 2. The Balaban J connectivity index is 1.51. The maximum atomic E-state index is 6.03. The molecule has 4 rings (SSSR count). The molecule has 1 aliphatic heterocycles. The number of benzene rings is 1. The van der Waals surface area contributed by atoms with E-state index in [0.29, 0.717) is 6.04 Å². The van der Waals surface area contributed by atoms with Gasteiger partial charge < -0.3 is 15.0 Å². The lowest BCUT2D eigenvalue weighted by molar-refractivity contribution is -0.0112. The van der Waals surface area contributed by atoms with Crippen LogP contribution in [0.4, 0.5) is 0 Å². The summed E-state index contributed by atoms with van der Waals surface area (Å²) in [6.07, 6.45) is 8.27. The van der Waals surface area contributed by atoms with Crippen LogP contribution in [0.3, 0.4) is 0 Å². The monoisotopic (exact) mass is 310 g/mol. The van der Waals surface area contributed by atoms with Gasteiger partial charge in [-0.1, -0.05) is 18.2 Å². The molecule has 2 atom stereocenters. The topological polar surface area (TPSA) is 54.9 Å². The van der Waals surface area contributed by atoms with E-state index in [1.807, 2.05) is 24.1 Å². The van der Waals surface area contributed by atoms with Gasteiger partial charge in [-0.15, -0.1) is 0 Å². The first-order chi connectivity index (χ1) is 11.3. The summed E-state index contributed by atoms with van der Waals surface area (Å²) in [5, 5.41) is 9.24. The predicted molar refractivity (Wildman–Crippen MR) is 90.1 cm³/mol. The number of nitrogens with zero attached hydrogens (tertiary/aromatic N) is 2.